The minimum Gasteiger partial charge on any atom is -0.453 e. The van der Waals surface area contributed by atoms with Gasteiger partial charge >= 0.3 is 0 Å². The minimum absolute atomic E-state index is 0.146. The second-order valence-electron chi connectivity index (χ2n) is 15.3. The van der Waals surface area contributed by atoms with Crippen LogP contribution in [0.3, 0.4) is 0 Å². The van der Waals surface area contributed by atoms with Crippen molar-refractivity contribution in [3.05, 3.63) is 199 Å². The van der Waals surface area contributed by atoms with Crippen LogP contribution in [-0.2, 0) is 5.41 Å². The van der Waals surface area contributed by atoms with Crippen LogP contribution in [0.25, 0.3) is 76.9 Å². The maximum absolute atomic E-state index is 7.30. The lowest BCUT2D eigenvalue weighted by atomic mass is 9.82. The van der Waals surface area contributed by atoms with Gasteiger partial charge in [0.25, 0.3) is 0 Å². The Morgan fingerprint density at radius 2 is 1.07 bits per heavy atom. The minimum atomic E-state index is -0.146. The number of benzene rings is 9. The molecule has 1 aliphatic carbocycles. The van der Waals surface area contributed by atoms with Gasteiger partial charge in [-0.3, -0.25) is 0 Å². The molecule has 260 valence electrons. The lowest BCUT2D eigenvalue weighted by molar-refractivity contribution is 0.660. The van der Waals surface area contributed by atoms with Crippen LogP contribution in [0.4, 0.5) is 17.1 Å². The summed E-state index contributed by atoms with van der Waals surface area (Å²) >= 11 is 0. The third kappa shape index (κ3) is 4.81. The third-order valence-corrected chi connectivity index (χ3v) is 11.8. The molecule has 0 bridgehead atoms. The Morgan fingerprint density at radius 3 is 1.95 bits per heavy atom. The molecule has 0 saturated heterocycles. The van der Waals surface area contributed by atoms with Crippen molar-refractivity contribution < 1.29 is 4.42 Å². The number of hydrogen-bond donors (Lipinski definition) is 0. The van der Waals surface area contributed by atoms with E-state index in [0.717, 1.165) is 55.7 Å². The zero-order chi connectivity index (χ0) is 36.7. The highest BCUT2D eigenvalue weighted by atomic mass is 16.3. The first-order valence-corrected chi connectivity index (χ1v) is 19.1. The van der Waals surface area contributed by atoms with Crippen molar-refractivity contribution in [2.45, 2.75) is 19.3 Å². The average Bonchev–Trinajstić information content (AvgIpc) is 3.72. The molecule has 0 spiro atoms. The molecule has 0 amide bonds. The summed E-state index contributed by atoms with van der Waals surface area (Å²) in [5.74, 6) is 0. The predicted octanol–water partition coefficient (Wildman–Crippen LogP) is 15.0. The molecule has 9 aromatic carbocycles. The monoisotopic (exact) mass is 703 g/mol. The standard InChI is InChI=1S/C53H37NO/c1-53(2)46-24-12-10-22-42(46)43-30-29-39(33-47(43)53)54(48-25-13-11-20-40(48)35-16-4-3-5-17-35)49-26-14-23-44-45-32-37-19-8-9-21-41(37)50(52(45)55-51(44)49)38-28-27-34-15-6-7-18-36(34)31-38/h3-33H,1-2H3. The molecule has 0 saturated carbocycles. The van der Waals surface area contributed by atoms with E-state index in [-0.39, 0.29) is 5.41 Å². The van der Waals surface area contributed by atoms with E-state index in [4.69, 9.17) is 4.42 Å². The van der Waals surface area contributed by atoms with Gasteiger partial charge in [-0.15, -0.1) is 0 Å². The van der Waals surface area contributed by atoms with E-state index in [1.54, 1.807) is 0 Å². The quantitative estimate of drug-likeness (QED) is 0.177. The molecular formula is C53H37NO. The fourth-order valence-electron chi connectivity index (χ4n) is 9.16. The first-order valence-electron chi connectivity index (χ1n) is 19.1. The van der Waals surface area contributed by atoms with Crippen LogP contribution in [0.1, 0.15) is 25.0 Å². The smallest absolute Gasteiger partial charge is 0.159 e. The van der Waals surface area contributed by atoms with E-state index in [2.05, 4.69) is 207 Å². The van der Waals surface area contributed by atoms with Gasteiger partial charge in [0.15, 0.2) is 5.58 Å². The van der Waals surface area contributed by atoms with Gasteiger partial charge in [-0.1, -0.05) is 166 Å². The van der Waals surface area contributed by atoms with Crippen LogP contribution in [0.15, 0.2) is 192 Å². The molecule has 1 aromatic heterocycles. The molecular weight excluding hydrogens is 667 g/mol. The topological polar surface area (TPSA) is 16.4 Å². The molecule has 0 fully saturated rings. The van der Waals surface area contributed by atoms with Gasteiger partial charge in [-0.2, -0.15) is 0 Å². The van der Waals surface area contributed by atoms with Gasteiger partial charge in [0.05, 0.1) is 11.4 Å². The Morgan fingerprint density at radius 1 is 0.400 bits per heavy atom. The average molecular weight is 704 g/mol. The van der Waals surface area contributed by atoms with Crippen molar-refractivity contribution in [3.63, 3.8) is 0 Å². The van der Waals surface area contributed by atoms with E-state index in [9.17, 15) is 0 Å². The van der Waals surface area contributed by atoms with E-state index >= 15 is 0 Å². The maximum Gasteiger partial charge on any atom is 0.159 e. The second kappa shape index (κ2) is 12.1. The molecule has 1 heterocycles. The summed E-state index contributed by atoms with van der Waals surface area (Å²) in [4.78, 5) is 2.42. The van der Waals surface area contributed by atoms with Crippen molar-refractivity contribution in [2.24, 2.45) is 0 Å². The highest BCUT2D eigenvalue weighted by Gasteiger charge is 2.36. The molecule has 0 N–H and O–H groups in total. The number of hydrogen-bond acceptors (Lipinski definition) is 2. The SMILES string of the molecule is CC1(C)c2ccccc2-c2ccc(N(c3ccccc3-c3ccccc3)c3cccc4c3oc3c(-c5ccc6ccccc6c5)c5ccccc5cc34)cc21. The number of nitrogens with zero attached hydrogens (tertiary/aromatic N) is 1. The molecule has 0 unspecified atom stereocenters. The van der Waals surface area contributed by atoms with E-state index in [0.29, 0.717) is 0 Å². The molecule has 0 atom stereocenters. The van der Waals surface area contributed by atoms with Crippen LogP contribution in [0.5, 0.6) is 0 Å². The van der Waals surface area contributed by atoms with Crippen molar-refractivity contribution in [2.75, 3.05) is 4.90 Å². The Kier molecular flexibility index (Phi) is 6.93. The molecule has 1 aliphatic rings. The Hall–Kier alpha value is -6.90. The zero-order valence-electron chi connectivity index (χ0n) is 30.8. The lowest BCUT2D eigenvalue weighted by Crippen LogP contribution is -2.17. The number of fused-ring (bicyclic) bond motifs is 8. The molecule has 0 aliphatic heterocycles. The van der Waals surface area contributed by atoms with Gasteiger partial charge in [0, 0.05) is 33.0 Å². The Bertz CT molecular complexity index is 3130. The molecule has 2 nitrogen and oxygen atoms in total. The summed E-state index contributed by atoms with van der Waals surface area (Å²) in [6.07, 6.45) is 0. The van der Waals surface area contributed by atoms with E-state index in [1.807, 2.05) is 0 Å². The predicted molar refractivity (Wildman–Crippen MR) is 232 cm³/mol. The first-order chi connectivity index (χ1) is 27.0. The molecule has 10 aromatic rings. The highest BCUT2D eigenvalue weighted by Crippen LogP contribution is 2.52. The van der Waals surface area contributed by atoms with Crippen LogP contribution in [0.2, 0.25) is 0 Å². The summed E-state index contributed by atoms with van der Waals surface area (Å²) in [5, 5.41) is 7.01. The summed E-state index contributed by atoms with van der Waals surface area (Å²) in [6.45, 7) is 4.70. The molecule has 55 heavy (non-hydrogen) atoms. The number of rotatable bonds is 5. The molecule has 0 radical (unpaired) electrons. The lowest BCUT2D eigenvalue weighted by Gasteiger charge is -2.29. The Balaban J connectivity index is 1.21. The van der Waals surface area contributed by atoms with E-state index < -0.39 is 0 Å². The summed E-state index contributed by atoms with van der Waals surface area (Å²) < 4.78 is 7.30. The third-order valence-electron chi connectivity index (χ3n) is 11.8. The van der Waals surface area contributed by atoms with Crippen molar-refractivity contribution in [3.8, 4) is 33.4 Å². The van der Waals surface area contributed by atoms with E-state index in [1.165, 1.54) is 49.4 Å². The van der Waals surface area contributed by atoms with Crippen LogP contribution in [-0.4, -0.2) is 0 Å². The van der Waals surface area contributed by atoms with Gasteiger partial charge in [0.1, 0.15) is 5.58 Å². The van der Waals surface area contributed by atoms with Crippen molar-refractivity contribution >= 4 is 60.5 Å². The highest BCUT2D eigenvalue weighted by molar-refractivity contribution is 6.20. The van der Waals surface area contributed by atoms with Gasteiger partial charge in [0.2, 0.25) is 0 Å². The van der Waals surface area contributed by atoms with Gasteiger partial charge in [-0.05, 0) is 91.3 Å². The number of para-hydroxylation sites is 2. The fourth-order valence-corrected chi connectivity index (χ4v) is 9.16. The Labute approximate surface area is 320 Å². The number of anilines is 3. The summed E-state index contributed by atoms with van der Waals surface area (Å²) in [7, 11) is 0. The van der Waals surface area contributed by atoms with Crippen LogP contribution in [0, 0.1) is 0 Å². The largest absolute Gasteiger partial charge is 0.453 e. The fraction of sp³-hybridized carbons (Fsp3) is 0.0566. The van der Waals surface area contributed by atoms with Crippen LogP contribution < -0.4 is 4.90 Å². The normalized spacial score (nSPS) is 13.1. The maximum atomic E-state index is 7.30. The number of furan rings is 1. The van der Waals surface area contributed by atoms with Crippen molar-refractivity contribution in [1.82, 2.24) is 0 Å². The summed E-state index contributed by atoms with van der Waals surface area (Å²) in [6, 6.07) is 68.3. The zero-order valence-corrected chi connectivity index (χ0v) is 30.8. The molecule has 11 rings (SSSR count). The van der Waals surface area contributed by atoms with Gasteiger partial charge < -0.3 is 9.32 Å². The van der Waals surface area contributed by atoms with Gasteiger partial charge in [-0.25, -0.2) is 0 Å². The molecule has 2 heteroatoms. The summed E-state index contributed by atoms with van der Waals surface area (Å²) in [5.41, 5.74) is 14.7. The second-order valence-corrected chi connectivity index (χ2v) is 15.3. The van der Waals surface area contributed by atoms with Crippen LogP contribution >= 0.6 is 0 Å². The first kappa shape index (κ1) is 31.6. The van der Waals surface area contributed by atoms with Crippen molar-refractivity contribution in [1.29, 1.82) is 0 Å².